The van der Waals surface area contributed by atoms with Crippen molar-refractivity contribution in [3.63, 3.8) is 0 Å². The van der Waals surface area contributed by atoms with Gasteiger partial charge in [-0.15, -0.1) is 0 Å². The van der Waals surface area contributed by atoms with Gasteiger partial charge in [0.2, 0.25) is 5.91 Å². The molecule has 0 heterocycles. The van der Waals surface area contributed by atoms with Crippen LogP contribution in [0.5, 0.6) is 0 Å². The van der Waals surface area contributed by atoms with E-state index in [1.165, 1.54) is 12.1 Å². The van der Waals surface area contributed by atoms with Crippen LogP contribution in [0.1, 0.15) is 0 Å². The molecule has 0 aliphatic carbocycles. The average molecular weight is 296 g/mol. The first kappa shape index (κ1) is 15.2. The summed E-state index contributed by atoms with van der Waals surface area (Å²) in [6.45, 7) is 0. The monoisotopic (exact) mass is 296 g/mol. The van der Waals surface area contributed by atoms with Crippen LogP contribution in [-0.4, -0.2) is 25.4 Å². The summed E-state index contributed by atoms with van der Waals surface area (Å²) in [5.74, 6) is -1.95. The van der Waals surface area contributed by atoms with Gasteiger partial charge in [-0.25, -0.2) is 13.2 Å². The molecule has 1 rings (SSSR count). The Morgan fingerprint density at radius 1 is 1.25 bits per heavy atom. The van der Waals surface area contributed by atoms with E-state index in [4.69, 9.17) is 10.6 Å². The summed E-state index contributed by atoms with van der Waals surface area (Å²) in [4.78, 5) is 23.4. The van der Waals surface area contributed by atoms with Gasteiger partial charge in [0, 0.05) is 27.3 Å². The van der Waals surface area contributed by atoms with E-state index in [1.54, 1.807) is 0 Å². The standard InChI is InChI=1S/C10H8N4O5S/c11-13-14-20(18,19)8-3-1-7(2-4-8)12-9(15)5-6-10(16)17/h1-6H,(H,12,15)(H,16,17). The highest BCUT2D eigenvalue weighted by Crippen LogP contribution is 2.16. The predicted octanol–water partition coefficient (Wildman–Crippen LogP) is 1.26. The Bertz CT molecular complexity index is 702. The highest BCUT2D eigenvalue weighted by Gasteiger charge is 2.11. The predicted molar refractivity (Wildman–Crippen MR) is 68.2 cm³/mol. The van der Waals surface area contributed by atoms with Crippen LogP contribution >= 0.6 is 0 Å². The number of hydrogen-bond donors (Lipinski definition) is 2. The summed E-state index contributed by atoms with van der Waals surface area (Å²) in [5.41, 5.74) is 8.36. The molecule has 1 aromatic carbocycles. The third kappa shape index (κ3) is 4.44. The van der Waals surface area contributed by atoms with Gasteiger partial charge in [0.05, 0.1) is 4.90 Å². The molecule has 0 fully saturated rings. The van der Waals surface area contributed by atoms with Gasteiger partial charge in [-0.2, -0.15) is 0 Å². The fourth-order valence-corrected chi connectivity index (χ4v) is 1.81. The number of amides is 1. The largest absolute Gasteiger partial charge is 0.478 e. The van der Waals surface area contributed by atoms with E-state index < -0.39 is 21.9 Å². The Morgan fingerprint density at radius 3 is 2.35 bits per heavy atom. The van der Waals surface area contributed by atoms with Gasteiger partial charge in [-0.3, -0.25) is 4.79 Å². The first-order valence-corrected chi connectivity index (χ1v) is 6.42. The van der Waals surface area contributed by atoms with Crippen molar-refractivity contribution in [3.05, 3.63) is 46.9 Å². The van der Waals surface area contributed by atoms with E-state index in [0.29, 0.717) is 6.08 Å². The molecule has 0 spiro atoms. The van der Waals surface area contributed by atoms with Crippen LogP contribution in [0.4, 0.5) is 5.69 Å². The normalized spacial score (nSPS) is 10.8. The molecule has 1 amide bonds. The second kappa shape index (κ2) is 6.36. The van der Waals surface area contributed by atoms with Crippen molar-refractivity contribution in [2.75, 3.05) is 5.32 Å². The average Bonchev–Trinajstić information content (AvgIpc) is 2.37. The zero-order valence-corrected chi connectivity index (χ0v) is 10.6. The number of benzene rings is 1. The van der Waals surface area contributed by atoms with Crippen LogP contribution in [0, 0.1) is 0 Å². The summed E-state index contributed by atoms with van der Waals surface area (Å²) in [7, 11) is -4.07. The van der Waals surface area contributed by atoms with Crippen molar-refractivity contribution >= 4 is 27.6 Å². The van der Waals surface area contributed by atoms with Crippen molar-refractivity contribution in [1.82, 2.24) is 0 Å². The number of nitrogens with one attached hydrogen (secondary N) is 1. The minimum Gasteiger partial charge on any atom is -0.478 e. The van der Waals surface area contributed by atoms with Crippen LogP contribution in [0.15, 0.2) is 45.8 Å². The fourth-order valence-electron chi connectivity index (χ4n) is 1.14. The molecular formula is C10H8N4O5S. The van der Waals surface area contributed by atoms with Gasteiger partial charge in [-0.05, 0) is 29.8 Å². The second-order valence-electron chi connectivity index (χ2n) is 3.33. The lowest BCUT2D eigenvalue weighted by atomic mass is 10.3. The van der Waals surface area contributed by atoms with Crippen molar-refractivity contribution in [2.45, 2.75) is 4.90 Å². The molecule has 0 atom stereocenters. The maximum atomic E-state index is 11.4. The van der Waals surface area contributed by atoms with E-state index in [1.807, 2.05) is 0 Å². The third-order valence-corrected chi connectivity index (χ3v) is 3.10. The molecule has 104 valence electrons. The number of aliphatic carboxylic acids is 1. The molecule has 20 heavy (non-hydrogen) atoms. The number of anilines is 1. The van der Waals surface area contributed by atoms with Crippen molar-refractivity contribution in [3.8, 4) is 0 Å². The number of carbonyl (C=O) groups excluding carboxylic acids is 1. The third-order valence-electron chi connectivity index (χ3n) is 1.94. The SMILES string of the molecule is [N-]=[N+]=NS(=O)(=O)c1ccc(NC(=O)C=CC(=O)O)cc1. The van der Waals surface area contributed by atoms with Gasteiger partial charge >= 0.3 is 5.97 Å². The highest BCUT2D eigenvalue weighted by molar-refractivity contribution is 7.90. The maximum absolute atomic E-state index is 11.4. The number of sulfonamides is 1. The number of nitrogens with zero attached hydrogens (tertiary/aromatic N) is 3. The lowest BCUT2D eigenvalue weighted by Gasteiger charge is -2.03. The molecule has 0 bridgehead atoms. The molecule has 1 aromatic rings. The Balaban J connectivity index is 2.85. The van der Waals surface area contributed by atoms with E-state index >= 15 is 0 Å². The lowest BCUT2D eigenvalue weighted by molar-refractivity contribution is -0.131. The molecule has 10 heteroatoms. The van der Waals surface area contributed by atoms with Gasteiger partial charge in [0.1, 0.15) is 0 Å². The number of azide groups is 1. The van der Waals surface area contributed by atoms with Crippen molar-refractivity contribution < 1.29 is 23.1 Å². The fraction of sp³-hybridized carbons (Fsp3) is 0. The van der Waals surface area contributed by atoms with Gasteiger partial charge < -0.3 is 10.4 Å². The molecule has 0 aliphatic heterocycles. The molecule has 0 aromatic heterocycles. The Morgan fingerprint density at radius 2 is 1.85 bits per heavy atom. The number of carboxylic acid groups (broad SMARTS) is 1. The zero-order chi connectivity index (χ0) is 15.2. The first-order chi connectivity index (χ1) is 9.35. The number of rotatable bonds is 5. The van der Waals surface area contributed by atoms with E-state index in [0.717, 1.165) is 18.2 Å². The number of carbonyl (C=O) groups is 2. The summed E-state index contributed by atoms with van der Waals surface area (Å²) >= 11 is 0. The van der Waals surface area contributed by atoms with Gasteiger partial charge in [0.15, 0.2) is 0 Å². The van der Waals surface area contributed by atoms with Gasteiger partial charge in [0.25, 0.3) is 10.0 Å². The number of hydrogen-bond acceptors (Lipinski definition) is 4. The number of carboxylic acids is 1. The van der Waals surface area contributed by atoms with Crippen LogP contribution in [0.2, 0.25) is 0 Å². The van der Waals surface area contributed by atoms with Crippen LogP contribution in [-0.2, 0) is 19.6 Å². The van der Waals surface area contributed by atoms with Crippen LogP contribution < -0.4 is 5.32 Å². The quantitative estimate of drug-likeness (QED) is 0.363. The van der Waals surface area contributed by atoms with E-state index in [-0.39, 0.29) is 10.6 Å². The van der Waals surface area contributed by atoms with Crippen LogP contribution in [0.25, 0.3) is 10.4 Å². The Hall–Kier alpha value is -2.84. The summed E-state index contributed by atoms with van der Waals surface area (Å²) < 4.78 is 25.4. The highest BCUT2D eigenvalue weighted by atomic mass is 32.2. The molecule has 0 saturated carbocycles. The van der Waals surface area contributed by atoms with Crippen molar-refractivity contribution in [2.24, 2.45) is 4.52 Å². The Kier molecular flexibility index (Phi) is 4.84. The zero-order valence-electron chi connectivity index (χ0n) is 9.79. The molecular weight excluding hydrogens is 288 g/mol. The topological polar surface area (TPSA) is 149 Å². The summed E-state index contributed by atoms with van der Waals surface area (Å²) in [6.07, 6.45) is 1.47. The lowest BCUT2D eigenvalue weighted by Crippen LogP contribution is -2.08. The summed E-state index contributed by atoms with van der Waals surface area (Å²) in [6, 6.07) is 4.82. The summed E-state index contributed by atoms with van der Waals surface area (Å²) in [5, 5.41) is 10.7. The minimum atomic E-state index is -4.07. The molecule has 9 nitrogen and oxygen atoms in total. The molecule has 0 unspecified atom stereocenters. The van der Waals surface area contributed by atoms with E-state index in [2.05, 4.69) is 14.7 Å². The second-order valence-corrected chi connectivity index (χ2v) is 4.92. The molecule has 2 N–H and O–H groups in total. The molecule has 0 radical (unpaired) electrons. The first-order valence-electron chi connectivity index (χ1n) is 4.98. The van der Waals surface area contributed by atoms with Gasteiger partial charge in [-0.1, -0.05) is 0 Å². The molecule has 0 aliphatic rings. The Labute approximate surface area is 113 Å². The smallest absolute Gasteiger partial charge is 0.328 e. The maximum Gasteiger partial charge on any atom is 0.328 e. The van der Waals surface area contributed by atoms with Crippen LogP contribution in [0.3, 0.4) is 0 Å². The van der Waals surface area contributed by atoms with E-state index in [9.17, 15) is 18.0 Å². The minimum absolute atomic E-state index is 0.227. The van der Waals surface area contributed by atoms with Crippen molar-refractivity contribution in [1.29, 1.82) is 0 Å². The molecule has 0 saturated heterocycles.